The fraction of sp³-hybridized carbons (Fsp3) is 0.600. The largest absolute Gasteiger partial charge is 0.207 e. The highest BCUT2D eigenvalue weighted by atomic mass is 19.1. The molecule has 0 heterocycles. The molecule has 0 amide bonds. The molecule has 1 rings (SSSR count). The third-order valence-corrected chi connectivity index (χ3v) is 3.59. The summed E-state index contributed by atoms with van der Waals surface area (Å²) in [5, 5.41) is 0. The zero-order chi connectivity index (χ0) is 12.2. The SMILES string of the molecule is CCC(C)(CCC(C)C)c1ccc(F)cc1. The lowest BCUT2D eigenvalue weighted by atomic mass is 9.75. The van der Waals surface area contributed by atoms with Gasteiger partial charge in [0.05, 0.1) is 0 Å². The molecule has 0 aliphatic heterocycles. The molecule has 16 heavy (non-hydrogen) atoms. The molecule has 0 spiro atoms. The summed E-state index contributed by atoms with van der Waals surface area (Å²) in [6, 6.07) is 7.00. The van der Waals surface area contributed by atoms with E-state index < -0.39 is 0 Å². The van der Waals surface area contributed by atoms with E-state index in [0.717, 1.165) is 12.3 Å². The van der Waals surface area contributed by atoms with Crippen molar-refractivity contribution in [1.82, 2.24) is 0 Å². The van der Waals surface area contributed by atoms with Crippen molar-refractivity contribution in [2.24, 2.45) is 5.92 Å². The molecular formula is C15H23F. The van der Waals surface area contributed by atoms with Gasteiger partial charge in [0.2, 0.25) is 0 Å². The molecule has 0 saturated carbocycles. The van der Waals surface area contributed by atoms with Gasteiger partial charge in [-0.25, -0.2) is 4.39 Å². The van der Waals surface area contributed by atoms with E-state index in [1.165, 1.54) is 18.4 Å². The number of rotatable bonds is 5. The van der Waals surface area contributed by atoms with Crippen molar-refractivity contribution in [2.45, 2.75) is 52.4 Å². The van der Waals surface area contributed by atoms with Gasteiger partial charge >= 0.3 is 0 Å². The molecule has 0 fully saturated rings. The Hall–Kier alpha value is -0.850. The highest BCUT2D eigenvalue weighted by Crippen LogP contribution is 2.33. The van der Waals surface area contributed by atoms with Crippen LogP contribution in [0.5, 0.6) is 0 Å². The summed E-state index contributed by atoms with van der Waals surface area (Å²) in [5.41, 5.74) is 1.45. The van der Waals surface area contributed by atoms with E-state index in [9.17, 15) is 4.39 Å². The molecule has 1 aromatic rings. The fourth-order valence-corrected chi connectivity index (χ4v) is 1.98. The molecule has 1 aromatic carbocycles. The van der Waals surface area contributed by atoms with Crippen molar-refractivity contribution in [3.63, 3.8) is 0 Å². The second-order valence-electron chi connectivity index (χ2n) is 5.35. The minimum absolute atomic E-state index is 0.147. The summed E-state index contributed by atoms with van der Waals surface area (Å²) < 4.78 is 12.9. The second-order valence-corrected chi connectivity index (χ2v) is 5.35. The summed E-state index contributed by atoms with van der Waals surface area (Å²) >= 11 is 0. The van der Waals surface area contributed by atoms with E-state index in [4.69, 9.17) is 0 Å². The van der Waals surface area contributed by atoms with Crippen LogP contribution in [0.4, 0.5) is 4.39 Å². The number of halogens is 1. The molecule has 90 valence electrons. The molecule has 1 heteroatoms. The van der Waals surface area contributed by atoms with E-state index in [2.05, 4.69) is 27.7 Å². The molecule has 0 radical (unpaired) electrons. The van der Waals surface area contributed by atoms with Crippen LogP contribution in [-0.4, -0.2) is 0 Å². The molecule has 1 unspecified atom stereocenters. The van der Waals surface area contributed by atoms with Crippen molar-refractivity contribution >= 4 is 0 Å². The van der Waals surface area contributed by atoms with Crippen LogP contribution in [-0.2, 0) is 5.41 Å². The van der Waals surface area contributed by atoms with Crippen LogP contribution in [0.1, 0.15) is 52.5 Å². The molecule has 0 bridgehead atoms. The number of hydrogen-bond donors (Lipinski definition) is 0. The second kappa shape index (κ2) is 5.47. The van der Waals surface area contributed by atoms with E-state index in [-0.39, 0.29) is 11.2 Å². The first-order valence-electron chi connectivity index (χ1n) is 6.24. The Labute approximate surface area is 98.9 Å². The standard InChI is InChI=1S/C15H23F/c1-5-15(4,11-10-12(2)3)13-6-8-14(16)9-7-13/h6-9,12H,5,10-11H2,1-4H3. The van der Waals surface area contributed by atoms with Crippen LogP contribution in [0.2, 0.25) is 0 Å². The molecule has 1 atom stereocenters. The molecule has 0 N–H and O–H groups in total. The smallest absolute Gasteiger partial charge is 0.123 e. The quantitative estimate of drug-likeness (QED) is 0.662. The van der Waals surface area contributed by atoms with Gasteiger partial charge in [-0.15, -0.1) is 0 Å². The van der Waals surface area contributed by atoms with Crippen molar-refractivity contribution in [1.29, 1.82) is 0 Å². The lowest BCUT2D eigenvalue weighted by molar-refractivity contribution is 0.373. The van der Waals surface area contributed by atoms with Gasteiger partial charge < -0.3 is 0 Å². The van der Waals surface area contributed by atoms with Gasteiger partial charge in [0.25, 0.3) is 0 Å². The van der Waals surface area contributed by atoms with Crippen molar-refractivity contribution in [3.8, 4) is 0 Å². The summed E-state index contributed by atoms with van der Waals surface area (Å²) in [7, 11) is 0. The Balaban J connectivity index is 2.82. The first-order valence-corrected chi connectivity index (χ1v) is 6.24. The Morgan fingerprint density at radius 2 is 1.75 bits per heavy atom. The third kappa shape index (κ3) is 3.33. The average Bonchev–Trinajstić information content (AvgIpc) is 2.27. The number of hydrogen-bond acceptors (Lipinski definition) is 0. The van der Waals surface area contributed by atoms with Crippen molar-refractivity contribution in [3.05, 3.63) is 35.6 Å². The first-order chi connectivity index (χ1) is 7.48. The van der Waals surface area contributed by atoms with Gasteiger partial charge in [-0.1, -0.05) is 46.2 Å². The Bertz CT molecular complexity index is 313. The predicted octanol–water partition coefficient (Wildman–Crippen LogP) is 4.93. The van der Waals surface area contributed by atoms with E-state index in [1.807, 2.05) is 12.1 Å². The first kappa shape index (κ1) is 13.2. The predicted molar refractivity (Wildman–Crippen MR) is 68.1 cm³/mol. The lowest BCUT2D eigenvalue weighted by Gasteiger charge is -2.29. The maximum absolute atomic E-state index is 12.9. The van der Waals surface area contributed by atoms with Gasteiger partial charge in [0.15, 0.2) is 0 Å². The van der Waals surface area contributed by atoms with E-state index >= 15 is 0 Å². The third-order valence-electron chi connectivity index (χ3n) is 3.59. The summed E-state index contributed by atoms with van der Waals surface area (Å²) in [4.78, 5) is 0. The van der Waals surface area contributed by atoms with E-state index in [1.54, 1.807) is 12.1 Å². The fourth-order valence-electron chi connectivity index (χ4n) is 1.98. The zero-order valence-corrected chi connectivity index (χ0v) is 10.9. The van der Waals surface area contributed by atoms with Crippen LogP contribution < -0.4 is 0 Å². The van der Waals surface area contributed by atoms with Gasteiger partial charge in [-0.3, -0.25) is 0 Å². The lowest BCUT2D eigenvalue weighted by Crippen LogP contribution is -2.21. The van der Waals surface area contributed by atoms with Gasteiger partial charge in [-0.2, -0.15) is 0 Å². The summed E-state index contributed by atoms with van der Waals surface area (Å²) in [6.07, 6.45) is 3.50. The highest BCUT2D eigenvalue weighted by Gasteiger charge is 2.24. The molecule has 0 aliphatic carbocycles. The van der Waals surface area contributed by atoms with Crippen molar-refractivity contribution in [2.75, 3.05) is 0 Å². The number of benzene rings is 1. The molecule has 0 saturated heterocycles. The van der Waals surface area contributed by atoms with Gasteiger partial charge in [0, 0.05) is 0 Å². The Kier molecular flexibility index (Phi) is 4.52. The molecular weight excluding hydrogens is 199 g/mol. The summed E-state index contributed by atoms with van der Waals surface area (Å²) in [5.74, 6) is 0.581. The summed E-state index contributed by atoms with van der Waals surface area (Å²) in [6.45, 7) is 8.99. The molecule has 0 nitrogen and oxygen atoms in total. The Morgan fingerprint density at radius 3 is 2.19 bits per heavy atom. The normalized spacial score (nSPS) is 15.1. The maximum Gasteiger partial charge on any atom is 0.123 e. The van der Waals surface area contributed by atoms with Crippen LogP contribution in [0.3, 0.4) is 0 Å². The highest BCUT2D eigenvalue weighted by molar-refractivity contribution is 5.24. The van der Waals surface area contributed by atoms with Crippen LogP contribution in [0.15, 0.2) is 24.3 Å². The topological polar surface area (TPSA) is 0 Å². The minimum atomic E-state index is -0.147. The Morgan fingerprint density at radius 1 is 1.19 bits per heavy atom. The molecule has 0 aromatic heterocycles. The van der Waals surface area contributed by atoms with Gasteiger partial charge in [-0.05, 0) is 41.9 Å². The van der Waals surface area contributed by atoms with Crippen LogP contribution in [0, 0.1) is 11.7 Å². The van der Waals surface area contributed by atoms with Crippen LogP contribution >= 0.6 is 0 Å². The minimum Gasteiger partial charge on any atom is -0.207 e. The van der Waals surface area contributed by atoms with E-state index in [0.29, 0.717) is 0 Å². The molecule has 0 aliphatic rings. The maximum atomic E-state index is 12.9. The average molecular weight is 222 g/mol. The van der Waals surface area contributed by atoms with Crippen LogP contribution in [0.25, 0.3) is 0 Å². The zero-order valence-electron chi connectivity index (χ0n) is 10.9. The van der Waals surface area contributed by atoms with Crippen molar-refractivity contribution < 1.29 is 4.39 Å². The van der Waals surface area contributed by atoms with Gasteiger partial charge in [0.1, 0.15) is 5.82 Å². The monoisotopic (exact) mass is 222 g/mol.